The number of anilines is 2. The normalized spacial score (nSPS) is 15.3. The molecule has 1 atom stereocenters. The van der Waals surface area contributed by atoms with Crippen molar-refractivity contribution in [2.75, 3.05) is 17.7 Å². The lowest BCUT2D eigenvalue weighted by Gasteiger charge is -2.19. The van der Waals surface area contributed by atoms with Crippen molar-refractivity contribution in [3.05, 3.63) is 40.3 Å². The maximum absolute atomic E-state index is 13.2. The molecule has 0 bridgehead atoms. The summed E-state index contributed by atoms with van der Waals surface area (Å²) in [5.74, 6) is -0.693. The molecule has 1 aromatic heterocycles. The molecule has 2 amide bonds. The number of hydrogen-bond donors (Lipinski definition) is 3. The fourth-order valence-corrected chi connectivity index (χ4v) is 4.85. The molecule has 0 aliphatic heterocycles. The van der Waals surface area contributed by atoms with Crippen LogP contribution in [0, 0.1) is 5.92 Å². The van der Waals surface area contributed by atoms with Gasteiger partial charge in [0.05, 0.1) is 24.8 Å². The van der Waals surface area contributed by atoms with Crippen LogP contribution in [-0.4, -0.2) is 30.0 Å². The zero-order valence-corrected chi connectivity index (χ0v) is 17.2. The number of carbonyl (C=O) groups excluding carboxylic acids is 2. The Labute approximate surface area is 173 Å². The van der Waals surface area contributed by atoms with Crippen LogP contribution in [-0.2, 0) is 22.4 Å². The third-order valence-corrected chi connectivity index (χ3v) is 6.08. The Morgan fingerprint density at radius 1 is 1.21 bits per heavy atom. The molecule has 3 rings (SSSR count). The number of benzene rings is 1. The smallest absolute Gasteiger partial charge is 0.303 e. The highest BCUT2D eigenvalue weighted by atomic mass is 32.1. The van der Waals surface area contributed by atoms with Gasteiger partial charge < -0.3 is 20.5 Å². The number of hydrogen-bond acceptors (Lipinski definition) is 5. The minimum absolute atomic E-state index is 0.137. The topological polar surface area (TPSA) is 105 Å². The fraction of sp³-hybridized carbons (Fsp3) is 0.381. The first-order valence-electron chi connectivity index (χ1n) is 9.49. The summed E-state index contributed by atoms with van der Waals surface area (Å²) in [6, 6.07) is 7.13. The molecule has 0 unspecified atom stereocenters. The molecule has 29 heavy (non-hydrogen) atoms. The molecular weight excluding hydrogens is 392 g/mol. The van der Waals surface area contributed by atoms with Crippen molar-refractivity contribution in [3.63, 3.8) is 0 Å². The van der Waals surface area contributed by atoms with Gasteiger partial charge in [-0.3, -0.25) is 14.4 Å². The first-order chi connectivity index (χ1) is 13.9. The van der Waals surface area contributed by atoms with Crippen molar-refractivity contribution in [2.45, 2.75) is 39.0 Å². The molecule has 0 radical (unpaired) electrons. The van der Waals surface area contributed by atoms with Crippen LogP contribution in [0.5, 0.6) is 5.75 Å². The molecule has 1 aliphatic rings. The summed E-state index contributed by atoms with van der Waals surface area (Å²) in [4.78, 5) is 37.2. The first kappa shape index (κ1) is 20.9. The quantitative estimate of drug-likeness (QED) is 0.634. The van der Waals surface area contributed by atoms with Crippen molar-refractivity contribution < 1.29 is 24.2 Å². The van der Waals surface area contributed by atoms with E-state index in [1.54, 1.807) is 18.2 Å². The van der Waals surface area contributed by atoms with E-state index in [9.17, 15) is 14.4 Å². The number of rotatable bonds is 7. The third kappa shape index (κ3) is 4.95. The molecule has 1 aliphatic carbocycles. The second-order valence-corrected chi connectivity index (χ2v) is 8.26. The monoisotopic (exact) mass is 416 g/mol. The Bertz CT molecular complexity index is 937. The van der Waals surface area contributed by atoms with Crippen molar-refractivity contribution >= 4 is 39.8 Å². The SMILES string of the molecule is COc1ccccc1NC(=O)c1c(NC(=O)CCC(=O)O)sc2c1CC[C@@H](C)C2. The number of carbonyl (C=O) groups is 3. The molecule has 154 valence electrons. The van der Waals surface area contributed by atoms with Crippen molar-refractivity contribution in [3.8, 4) is 5.75 Å². The Hall–Kier alpha value is -2.87. The number of carboxylic acid groups (broad SMARTS) is 1. The molecule has 2 aromatic rings. The van der Waals surface area contributed by atoms with Crippen LogP contribution in [0.4, 0.5) is 10.7 Å². The molecule has 8 heteroatoms. The summed E-state index contributed by atoms with van der Waals surface area (Å²) in [6.07, 6.45) is 2.22. The van der Waals surface area contributed by atoms with Gasteiger partial charge >= 0.3 is 5.97 Å². The number of carboxylic acids is 1. The van der Waals surface area contributed by atoms with Crippen LogP contribution in [0.1, 0.15) is 47.0 Å². The highest BCUT2D eigenvalue weighted by Gasteiger charge is 2.28. The van der Waals surface area contributed by atoms with E-state index in [-0.39, 0.29) is 18.7 Å². The van der Waals surface area contributed by atoms with E-state index in [4.69, 9.17) is 9.84 Å². The minimum atomic E-state index is -1.03. The van der Waals surface area contributed by atoms with E-state index in [0.717, 1.165) is 29.7 Å². The molecule has 3 N–H and O–H groups in total. The van der Waals surface area contributed by atoms with Crippen LogP contribution >= 0.6 is 11.3 Å². The summed E-state index contributed by atoms with van der Waals surface area (Å²) in [6.45, 7) is 2.17. The molecule has 1 aromatic carbocycles. The lowest BCUT2D eigenvalue weighted by Crippen LogP contribution is -2.20. The maximum Gasteiger partial charge on any atom is 0.303 e. The minimum Gasteiger partial charge on any atom is -0.495 e. The number of nitrogens with one attached hydrogen (secondary N) is 2. The predicted octanol–water partition coefficient (Wildman–Crippen LogP) is 3.94. The number of ether oxygens (including phenoxy) is 1. The predicted molar refractivity (Wildman–Crippen MR) is 112 cm³/mol. The Kier molecular flexibility index (Phi) is 6.53. The molecule has 1 heterocycles. The standard InChI is InChI=1S/C21H24N2O5S/c1-12-7-8-13-16(11-12)29-21(23-17(24)9-10-18(25)26)19(13)20(27)22-14-5-3-4-6-15(14)28-2/h3-6,12H,7-11H2,1-2H3,(H,22,27)(H,23,24)(H,25,26)/t12-/m1/s1. The largest absolute Gasteiger partial charge is 0.495 e. The van der Waals surface area contributed by atoms with Crippen LogP contribution in [0.3, 0.4) is 0 Å². The van der Waals surface area contributed by atoms with Crippen LogP contribution < -0.4 is 15.4 Å². The number of methoxy groups -OCH3 is 1. The summed E-state index contributed by atoms with van der Waals surface area (Å²) in [5.41, 5.74) is 1.98. The summed E-state index contributed by atoms with van der Waals surface area (Å²) in [7, 11) is 1.53. The zero-order valence-electron chi connectivity index (χ0n) is 16.4. The van der Waals surface area contributed by atoms with Crippen molar-refractivity contribution in [2.24, 2.45) is 5.92 Å². The van der Waals surface area contributed by atoms with E-state index in [2.05, 4.69) is 17.6 Å². The van der Waals surface area contributed by atoms with Gasteiger partial charge in [0, 0.05) is 11.3 Å². The molecule has 0 spiro atoms. The Balaban J connectivity index is 1.90. The number of para-hydroxylation sites is 2. The average Bonchev–Trinajstić information content (AvgIpc) is 3.03. The molecule has 0 saturated carbocycles. The summed E-state index contributed by atoms with van der Waals surface area (Å²) >= 11 is 1.41. The first-order valence-corrected chi connectivity index (χ1v) is 10.3. The molecule has 7 nitrogen and oxygen atoms in total. The van der Waals surface area contributed by atoms with Gasteiger partial charge in [-0.2, -0.15) is 0 Å². The highest BCUT2D eigenvalue weighted by Crippen LogP contribution is 2.40. The maximum atomic E-state index is 13.2. The summed E-state index contributed by atoms with van der Waals surface area (Å²) < 4.78 is 5.30. The van der Waals surface area contributed by atoms with Gasteiger partial charge in [0.25, 0.3) is 5.91 Å². The van der Waals surface area contributed by atoms with E-state index in [1.165, 1.54) is 18.4 Å². The lowest BCUT2D eigenvalue weighted by molar-refractivity contribution is -0.138. The highest BCUT2D eigenvalue weighted by molar-refractivity contribution is 7.17. The van der Waals surface area contributed by atoms with Crippen LogP contribution in [0.2, 0.25) is 0 Å². The Morgan fingerprint density at radius 3 is 2.69 bits per heavy atom. The fourth-order valence-electron chi connectivity index (χ4n) is 3.42. The van der Waals surface area contributed by atoms with Gasteiger partial charge in [-0.25, -0.2) is 0 Å². The number of aliphatic carboxylic acids is 1. The zero-order chi connectivity index (χ0) is 21.0. The van der Waals surface area contributed by atoms with Gasteiger partial charge in [0.2, 0.25) is 5.91 Å². The van der Waals surface area contributed by atoms with Gasteiger partial charge in [-0.1, -0.05) is 19.1 Å². The van der Waals surface area contributed by atoms with Crippen LogP contribution in [0.15, 0.2) is 24.3 Å². The van der Waals surface area contributed by atoms with E-state index in [1.807, 2.05) is 6.07 Å². The third-order valence-electron chi connectivity index (χ3n) is 4.91. The summed E-state index contributed by atoms with van der Waals surface area (Å²) in [5, 5.41) is 14.9. The van der Waals surface area contributed by atoms with E-state index >= 15 is 0 Å². The number of fused-ring (bicyclic) bond motifs is 1. The van der Waals surface area contributed by atoms with Crippen LogP contribution in [0.25, 0.3) is 0 Å². The van der Waals surface area contributed by atoms with Crippen molar-refractivity contribution in [1.29, 1.82) is 0 Å². The van der Waals surface area contributed by atoms with Gasteiger partial charge in [0.1, 0.15) is 10.8 Å². The number of thiophene rings is 1. The molecular formula is C21H24N2O5S. The lowest BCUT2D eigenvalue weighted by atomic mass is 9.88. The number of amides is 2. The van der Waals surface area contributed by atoms with Gasteiger partial charge in [-0.15, -0.1) is 11.3 Å². The molecule has 0 fully saturated rings. The second kappa shape index (κ2) is 9.09. The van der Waals surface area contributed by atoms with E-state index in [0.29, 0.717) is 27.9 Å². The average molecular weight is 416 g/mol. The Morgan fingerprint density at radius 2 is 1.97 bits per heavy atom. The van der Waals surface area contributed by atoms with Gasteiger partial charge in [-0.05, 0) is 42.9 Å². The van der Waals surface area contributed by atoms with Gasteiger partial charge in [0.15, 0.2) is 0 Å². The second-order valence-electron chi connectivity index (χ2n) is 7.15. The molecule has 0 saturated heterocycles. The van der Waals surface area contributed by atoms with E-state index < -0.39 is 11.9 Å². The van der Waals surface area contributed by atoms with Crippen molar-refractivity contribution in [1.82, 2.24) is 0 Å².